The minimum absolute atomic E-state index is 0.0914. The predicted molar refractivity (Wildman–Crippen MR) is 42.0 cm³/mol. The van der Waals surface area contributed by atoms with Gasteiger partial charge in [0, 0.05) is 0 Å². The maximum absolute atomic E-state index is 12.7. The van der Waals surface area contributed by atoms with Crippen molar-refractivity contribution < 1.29 is 4.39 Å². The summed E-state index contributed by atoms with van der Waals surface area (Å²) in [6.45, 7) is 5.56. The molecule has 10 heavy (non-hydrogen) atoms. The molecule has 0 saturated carbocycles. The van der Waals surface area contributed by atoms with Crippen LogP contribution in [0.5, 0.6) is 0 Å². The maximum Gasteiger partial charge on any atom is 0.140 e. The van der Waals surface area contributed by atoms with E-state index in [4.69, 9.17) is 5.41 Å². The van der Waals surface area contributed by atoms with Gasteiger partial charge in [-0.2, -0.15) is 0 Å². The molecule has 2 heteroatoms. The Balaban J connectivity index is 4.05. The largest absolute Gasteiger partial charge is 0.302 e. The second-order valence-corrected chi connectivity index (χ2v) is 2.59. The van der Waals surface area contributed by atoms with Crippen LogP contribution in [0.4, 0.5) is 4.39 Å². The van der Waals surface area contributed by atoms with E-state index in [-0.39, 0.29) is 17.5 Å². The van der Waals surface area contributed by atoms with Gasteiger partial charge in [-0.3, -0.25) is 0 Å². The Morgan fingerprint density at radius 2 is 2.10 bits per heavy atom. The van der Waals surface area contributed by atoms with Gasteiger partial charge in [0.2, 0.25) is 0 Å². The highest BCUT2D eigenvalue weighted by atomic mass is 19.1. The van der Waals surface area contributed by atoms with Crippen molar-refractivity contribution in [2.24, 2.45) is 5.92 Å². The molecule has 0 bridgehead atoms. The van der Waals surface area contributed by atoms with E-state index in [1.54, 1.807) is 6.92 Å². The van der Waals surface area contributed by atoms with Crippen LogP contribution >= 0.6 is 0 Å². The van der Waals surface area contributed by atoms with Crippen LogP contribution in [0.1, 0.15) is 27.2 Å². The Hall–Kier alpha value is -0.660. The first kappa shape index (κ1) is 9.34. The molecule has 0 saturated heterocycles. The lowest BCUT2D eigenvalue weighted by Crippen LogP contribution is -1.95. The van der Waals surface area contributed by atoms with Gasteiger partial charge >= 0.3 is 0 Å². The SMILES string of the molecule is CCC(=N)/C(F)=C\C(C)C. The van der Waals surface area contributed by atoms with Gasteiger partial charge in [-0.05, 0) is 18.4 Å². The molecule has 0 amide bonds. The highest BCUT2D eigenvalue weighted by Crippen LogP contribution is 2.06. The Morgan fingerprint density at radius 3 is 2.40 bits per heavy atom. The monoisotopic (exact) mass is 143 g/mol. The molecule has 0 aliphatic heterocycles. The molecule has 0 spiro atoms. The third-order valence-corrected chi connectivity index (χ3v) is 1.12. The number of rotatable bonds is 3. The minimum atomic E-state index is -0.377. The van der Waals surface area contributed by atoms with Gasteiger partial charge in [0.1, 0.15) is 5.83 Å². The van der Waals surface area contributed by atoms with Crippen LogP contribution in [0.15, 0.2) is 11.9 Å². The number of halogens is 1. The molecule has 0 aliphatic carbocycles. The standard InChI is InChI=1S/C8H14FN/c1-4-8(10)7(9)5-6(2)3/h5-6,10H,4H2,1-3H3/b7-5+,10-8?. The fourth-order valence-corrected chi connectivity index (χ4v) is 0.562. The average molecular weight is 143 g/mol. The molecule has 1 nitrogen and oxygen atoms in total. The first-order valence-electron chi connectivity index (χ1n) is 3.53. The Morgan fingerprint density at radius 1 is 1.60 bits per heavy atom. The van der Waals surface area contributed by atoms with E-state index in [0.717, 1.165) is 0 Å². The number of hydrogen-bond donors (Lipinski definition) is 1. The predicted octanol–water partition coefficient (Wildman–Crippen LogP) is 2.93. The lowest BCUT2D eigenvalue weighted by atomic mass is 10.1. The molecule has 0 aromatic rings. The van der Waals surface area contributed by atoms with Crippen molar-refractivity contribution in [1.82, 2.24) is 0 Å². The number of allylic oxidation sites excluding steroid dienone is 2. The van der Waals surface area contributed by atoms with Crippen molar-refractivity contribution in [3.63, 3.8) is 0 Å². The Labute approximate surface area is 61.5 Å². The second kappa shape index (κ2) is 4.20. The summed E-state index contributed by atoms with van der Waals surface area (Å²) in [5, 5.41) is 7.09. The minimum Gasteiger partial charge on any atom is -0.302 e. The van der Waals surface area contributed by atoms with Crippen LogP contribution in [0.3, 0.4) is 0 Å². The highest BCUT2D eigenvalue weighted by Gasteiger charge is 2.00. The summed E-state index contributed by atoms with van der Waals surface area (Å²) >= 11 is 0. The van der Waals surface area contributed by atoms with Crippen LogP contribution in [-0.4, -0.2) is 5.71 Å². The summed E-state index contributed by atoms with van der Waals surface area (Å²) in [6.07, 6.45) is 1.93. The first-order valence-corrected chi connectivity index (χ1v) is 3.53. The van der Waals surface area contributed by atoms with Crippen molar-refractivity contribution in [1.29, 1.82) is 5.41 Å². The molecule has 0 fully saturated rings. The molecule has 1 N–H and O–H groups in total. The molecule has 0 aromatic heterocycles. The summed E-state index contributed by atoms with van der Waals surface area (Å²) in [7, 11) is 0. The zero-order valence-corrected chi connectivity index (χ0v) is 6.74. The van der Waals surface area contributed by atoms with E-state index in [2.05, 4.69) is 0 Å². The van der Waals surface area contributed by atoms with Crippen LogP contribution < -0.4 is 0 Å². The number of nitrogens with one attached hydrogen (secondary N) is 1. The second-order valence-electron chi connectivity index (χ2n) is 2.59. The average Bonchev–Trinajstić information content (AvgIpc) is 1.85. The Kier molecular flexibility index (Phi) is 3.93. The molecular formula is C8H14FN. The topological polar surface area (TPSA) is 23.9 Å². The zero-order chi connectivity index (χ0) is 8.15. The van der Waals surface area contributed by atoms with E-state index in [1.807, 2.05) is 13.8 Å². The van der Waals surface area contributed by atoms with Crippen molar-refractivity contribution in [2.45, 2.75) is 27.2 Å². The highest BCUT2D eigenvalue weighted by molar-refractivity contribution is 5.95. The molecule has 0 atom stereocenters. The smallest absolute Gasteiger partial charge is 0.140 e. The van der Waals surface area contributed by atoms with Crippen LogP contribution in [0, 0.1) is 11.3 Å². The summed E-state index contributed by atoms with van der Waals surface area (Å²) in [4.78, 5) is 0. The van der Waals surface area contributed by atoms with Crippen LogP contribution in [-0.2, 0) is 0 Å². The zero-order valence-electron chi connectivity index (χ0n) is 6.74. The quantitative estimate of drug-likeness (QED) is 0.587. The molecule has 0 aliphatic rings. The third-order valence-electron chi connectivity index (χ3n) is 1.12. The van der Waals surface area contributed by atoms with Crippen molar-refractivity contribution in [3.8, 4) is 0 Å². The van der Waals surface area contributed by atoms with E-state index in [0.29, 0.717) is 6.42 Å². The molecule has 0 aromatic carbocycles. The van der Waals surface area contributed by atoms with Gasteiger partial charge in [-0.15, -0.1) is 0 Å². The van der Waals surface area contributed by atoms with Gasteiger partial charge in [0.05, 0.1) is 5.71 Å². The van der Waals surface area contributed by atoms with Crippen molar-refractivity contribution >= 4 is 5.71 Å². The molecule has 0 rings (SSSR count). The maximum atomic E-state index is 12.7. The van der Waals surface area contributed by atoms with E-state index >= 15 is 0 Å². The summed E-state index contributed by atoms with van der Waals surface area (Å²) in [5.74, 6) is -0.190. The molecule has 58 valence electrons. The lowest BCUT2D eigenvalue weighted by Gasteiger charge is -1.98. The van der Waals surface area contributed by atoms with E-state index < -0.39 is 0 Å². The van der Waals surface area contributed by atoms with E-state index in [1.165, 1.54) is 6.08 Å². The summed E-state index contributed by atoms with van der Waals surface area (Å²) in [5.41, 5.74) is 0.0914. The van der Waals surface area contributed by atoms with Gasteiger partial charge in [-0.1, -0.05) is 20.8 Å². The lowest BCUT2D eigenvalue weighted by molar-refractivity contribution is 0.653. The summed E-state index contributed by atoms with van der Waals surface area (Å²) in [6, 6.07) is 0. The van der Waals surface area contributed by atoms with Crippen molar-refractivity contribution in [2.75, 3.05) is 0 Å². The molecule has 0 radical (unpaired) electrons. The first-order chi connectivity index (χ1) is 4.57. The van der Waals surface area contributed by atoms with E-state index in [9.17, 15) is 4.39 Å². The molecule has 0 unspecified atom stereocenters. The third kappa shape index (κ3) is 3.38. The van der Waals surface area contributed by atoms with Crippen LogP contribution in [0.2, 0.25) is 0 Å². The van der Waals surface area contributed by atoms with Crippen LogP contribution in [0.25, 0.3) is 0 Å². The van der Waals surface area contributed by atoms with Gasteiger partial charge in [0.15, 0.2) is 0 Å². The Bertz CT molecular complexity index is 147. The molecule has 0 heterocycles. The molecular weight excluding hydrogens is 129 g/mol. The van der Waals surface area contributed by atoms with Gasteiger partial charge < -0.3 is 5.41 Å². The summed E-state index contributed by atoms with van der Waals surface area (Å²) < 4.78 is 12.7. The normalized spacial score (nSPS) is 12.3. The van der Waals surface area contributed by atoms with Gasteiger partial charge in [-0.25, -0.2) is 4.39 Å². The fourth-order valence-electron chi connectivity index (χ4n) is 0.562. The van der Waals surface area contributed by atoms with Gasteiger partial charge in [0.25, 0.3) is 0 Å². The van der Waals surface area contributed by atoms with Crippen molar-refractivity contribution in [3.05, 3.63) is 11.9 Å². The fraction of sp³-hybridized carbons (Fsp3) is 0.625. The number of hydrogen-bond acceptors (Lipinski definition) is 1.